The SMILES string of the molecule is CCC1(C(=O)NCCN2CCCCCC2)CCCN1. The Balaban J connectivity index is 1.71. The van der Waals surface area contributed by atoms with Gasteiger partial charge in [-0.1, -0.05) is 19.8 Å². The molecule has 2 fully saturated rings. The average molecular weight is 267 g/mol. The number of carbonyl (C=O) groups excluding carboxylic acids is 1. The molecule has 0 aromatic heterocycles. The van der Waals surface area contributed by atoms with Crippen molar-refractivity contribution in [3.63, 3.8) is 0 Å². The summed E-state index contributed by atoms with van der Waals surface area (Å²) in [6, 6.07) is 0. The first kappa shape index (κ1) is 14.8. The standard InChI is InChI=1S/C15H29N3O/c1-2-15(8-7-9-17-15)14(19)16-10-13-18-11-5-3-4-6-12-18/h17H,2-13H2,1H3,(H,16,19). The minimum Gasteiger partial charge on any atom is -0.353 e. The van der Waals surface area contributed by atoms with Crippen molar-refractivity contribution >= 4 is 5.91 Å². The van der Waals surface area contributed by atoms with E-state index < -0.39 is 0 Å². The molecule has 0 aromatic carbocycles. The van der Waals surface area contributed by atoms with E-state index in [-0.39, 0.29) is 11.4 Å². The van der Waals surface area contributed by atoms with Crippen molar-refractivity contribution in [3.8, 4) is 0 Å². The molecule has 2 rings (SSSR count). The molecule has 2 N–H and O–H groups in total. The molecule has 2 saturated heterocycles. The first-order chi connectivity index (χ1) is 9.27. The smallest absolute Gasteiger partial charge is 0.240 e. The normalized spacial score (nSPS) is 29.1. The lowest BCUT2D eigenvalue weighted by atomic mass is 9.93. The second-order valence-electron chi connectivity index (χ2n) is 5.98. The van der Waals surface area contributed by atoms with Crippen LogP contribution in [-0.4, -0.2) is 49.1 Å². The van der Waals surface area contributed by atoms with Gasteiger partial charge in [-0.3, -0.25) is 4.79 Å². The Morgan fingerprint density at radius 2 is 1.95 bits per heavy atom. The fourth-order valence-electron chi connectivity index (χ4n) is 3.32. The monoisotopic (exact) mass is 267 g/mol. The number of nitrogens with zero attached hydrogens (tertiary/aromatic N) is 1. The minimum absolute atomic E-state index is 0.210. The topological polar surface area (TPSA) is 44.4 Å². The van der Waals surface area contributed by atoms with Crippen molar-refractivity contribution in [2.24, 2.45) is 0 Å². The highest BCUT2D eigenvalue weighted by molar-refractivity contribution is 5.86. The Bertz CT molecular complexity index is 279. The van der Waals surface area contributed by atoms with Crippen LogP contribution in [0.25, 0.3) is 0 Å². The Kier molecular flexibility index (Phi) is 5.64. The Morgan fingerprint density at radius 1 is 1.21 bits per heavy atom. The molecule has 4 nitrogen and oxygen atoms in total. The summed E-state index contributed by atoms with van der Waals surface area (Å²) >= 11 is 0. The maximum atomic E-state index is 12.3. The van der Waals surface area contributed by atoms with E-state index in [1.165, 1.54) is 38.8 Å². The number of nitrogens with one attached hydrogen (secondary N) is 2. The van der Waals surface area contributed by atoms with Gasteiger partial charge in [-0.25, -0.2) is 0 Å². The number of carbonyl (C=O) groups is 1. The van der Waals surface area contributed by atoms with E-state index in [0.717, 1.165) is 38.9 Å². The quantitative estimate of drug-likeness (QED) is 0.793. The summed E-state index contributed by atoms with van der Waals surface area (Å²) in [5.74, 6) is 0.210. The molecule has 19 heavy (non-hydrogen) atoms. The molecule has 0 aromatic rings. The van der Waals surface area contributed by atoms with Crippen LogP contribution in [-0.2, 0) is 4.79 Å². The number of hydrogen-bond acceptors (Lipinski definition) is 3. The molecule has 0 spiro atoms. The molecule has 2 aliphatic rings. The van der Waals surface area contributed by atoms with Crippen molar-refractivity contribution in [2.75, 3.05) is 32.7 Å². The summed E-state index contributed by atoms with van der Waals surface area (Å²) in [6.45, 7) is 7.29. The number of amides is 1. The van der Waals surface area contributed by atoms with E-state index >= 15 is 0 Å². The molecule has 1 amide bonds. The molecular weight excluding hydrogens is 238 g/mol. The molecule has 0 bridgehead atoms. The zero-order valence-corrected chi connectivity index (χ0v) is 12.3. The van der Waals surface area contributed by atoms with Gasteiger partial charge in [0.1, 0.15) is 0 Å². The molecular formula is C15H29N3O. The minimum atomic E-state index is -0.279. The average Bonchev–Trinajstić information content (AvgIpc) is 2.78. The predicted octanol–water partition coefficient (Wildman–Crippen LogP) is 1.51. The number of hydrogen-bond donors (Lipinski definition) is 2. The summed E-state index contributed by atoms with van der Waals surface area (Å²) in [7, 11) is 0. The summed E-state index contributed by atoms with van der Waals surface area (Å²) in [5.41, 5.74) is -0.279. The molecule has 0 saturated carbocycles. The number of rotatable bonds is 5. The van der Waals surface area contributed by atoms with E-state index in [9.17, 15) is 4.79 Å². The van der Waals surface area contributed by atoms with Gasteiger partial charge in [0.15, 0.2) is 0 Å². The maximum absolute atomic E-state index is 12.3. The Morgan fingerprint density at radius 3 is 2.53 bits per heavy atom. The first-order valence-electron chi connectivity index (χ1n) is 8.02. The zero-order valence-electron chi connectivity index (χ0n) is 12.3. The molecule has 1 atom stereocenters. The largest absolute Gasteiger partial charge is 0.353 e. The van der Waals surface area contributed by atoms with Crippen LogP contribution >= 0.6 is 0 Å². The van der Waals surface area contributed by atoms with Crippen molar-refractivity contribution in [1.82, 2.24) is 15.5 Å². The van der Waals surface area contributed by atoms with Crippen LogP contribution in [0.15, 0.2) is 0 Å². The molecule has 110 valence electrons. The summed E-state index contributed by atoms with van der Waals surface area (Å²) in [5, 5.41) is 6.53. The van der Waals surface area contributed by atoms with E-state index in [1.807, 2.05) is 0 Å². The lowest BCUT2D eigenvalue weighted by molar-refractivity contribution is -0.127. The molecule has 0 radical (unpaired) electrons. The van der Waals surface area contributed by atoms with Crippen LogP contribution < -0.4 is 10.6 Å². The van der Waals surface area contributed by atoms with Crippen LogP contribution in [0, 0.1) is 0 Å². The van der Waals surface area contributed by atoms with Crippen LogP contribution in [0.2, 0.25) is 0 Å². The highest BCUT2D eigenvalue weighted by Crippen LogP contribution is 2.22. The van der Waals surface area contributed by atoms with E-state index in [2.05, 4.69) is 22.5 Å². The third-order valence-electron chi connectivity index (χ3n) is 4.69. The van der Waals surface area contributed by atoms with Crippen LogP contribution in [0.1, 0.15) is 51.9 Å². The highest BCUT2D eigenvalue weighted by Gasteiger charge is 2.38. The van der Waals surface area contributed by atoms with Gasteiger partial charge in [-0.05, 0) is 51.7 Å². The van der Waals surface area contributed by atoms with Crippen molar-refractivity contribution in [3.05, 3.63) is 0 Å². The lowest BCUT2D eigenvalue weighted by Crippen LogP contribution is -2.54. The third-order valence-corrected chi connectivity index (χ3v) is 4.69. The molecule has 1 unspecified atom stereocenters. The first-order valence-corrected chi connectivity index (χ1v) is 8.02. The lowest BCUT2D eigenvalue weighted by Gasteiger charge is -2.27. The zero-order chi connectivity index (χ0) is 13.6. The van der Waals surface area contributed by atoms with Crippen LogP contribution in [0.5, 0.6) is 0 Å². The van der Waals surface area contributed by atoms with Gasteiger partial charge in [0, 0.05) is 13.1 Å². The Labute approximate surface area is 117 Å². The molecule has 2 heterocycles. The van der Waals surface area contributed by atoms with Crippen LogP contribution in [0.3, 0.4) is 0 Å². The van der Waals surface area contributed by atoms with Crippen molar-refractivity contribution in [2.45, 2.75) is 57.4 Å². The summed E-state index contributed by atoms with van der Waals surface area (Å²) < 4.78 is 0. The summed E-state index contributed by atoms with van der Waals surface area (Å²) in [6.07, 6.45) is 8.36. The second-order valence-corrected chi connectivity index (χ2v) is 5.98. The molecule has 4 heteroatoms. The van der Waals surface area contributed by atoms with Crippen molar-refractivity contribution in [1.29, 1.82) is 0 Å². The van der Waals surface area contributed by atoms with Gasteiger partial charge in [0.25, 0.3) is 0 Å². The fourth-order valence-corrected chi connectivity index (χ4v) is 3.32. The van der Waals surface area contributed by atoms with Gasteiger partial charge in [-0.2, -0.15) is 0 Å². The third kappa shape index (κ3) is 3.93. The van der Waals surface area contributed by atoms with E-state index in [4.69, 9.17) is 0 Å². The second kappa shape index (κ2) is 7.25. The van der Waals surface area contributed by atoms with Gasteiger partial charge in [0.05, 0.1) is 5.54 Å². The van der Waals surface area contributed by atoms with Gasteiger partial charge in [-0.15, -0.1) is 0 Å². The van der Waals surface area contributed by atoms with Gasteiger partial charge < -0.3 is 15.5 Å². The summed E-state index contributed by atoms with van der Waals surface area (Å²) in [4.78, 5) is 14.8. The van der Waals surface area contributed by atoms with E-state index in [1.54, 1.807) is 0 Å². The van der Waals surface area contributed by atoms with Crippen LogP contribution in [0.4, 0.5) is 0 Å². The number of likely N-dealkylation sites (tertiary alicyclic amines) is 1. The van der Waals surface area contributed by atoms with Gasteiger partial charge in [0.2, 0.25) is 5.91 Å². The van der Waals surface area contributed by atoms with Gasteiger partial charge >= 0.3 is 0 Å². The molecule has 0 aliphatic carbocycles. The van der Waals surface area contributed by atoms with E-state index in [0.29, 0.717) is 0 Å². The highest BCUT2D eigenvalue weighted by atomic mass is 16.2. The fraction of sp³-hybridized carbons (Fsp3) is 0.933. The Hall–Kier alpha value is -0.610. The maximum Gasteiger partial charge on any atom is 0.240 e. The van der Waals surface area contributed by atoms with Crippen molar-refractivity contribution < 1.29 is 4.79 Å². The predicted molar refractivity (Wildman–Crippen MR) is 78.2 cm³/mol. The molecule has 2 aliphatic heterocycles.